The molecular formula is C16H30N2O. The lowest BCUT2D eigenvalue weighted by atomic mass is 9.91. The summed E-state index contributed by atoms with van der Waals surface area (Å²) in [6, 6.07) is 0.00959. The van der Waals surface area contributed by atoms with Gasteiger partial charge in [0.25, 0.3) is 0 Å². The number of carbonyl (C=O) groups excluding carboxylic acids is 1. The maximum atomic E-state index is 12.7. The van der Waals surface area contributed by atoms with Crippen molar-refractivity contribution < 1.29 is 4.79 Å². The molecule has 1 saturated heterocycles. The van der Waals surface area contributed by atoms with E-state index in [0.717, 1.165) is 6.54 Å². The van der Waals surface area contributed by atoms with E-state index in [2.05, 4.69) is 51.8 Å². The van der Waals surface area contributed by atoms with Gasteiger partial charge in [-0.1, -0.05) is 41.5 Å². The van der Waals surface area contributed by atoms with Crippen molar-refractivity contribution in [1.82, 2.24) is 10.2 Å². The summed E-state index contributed by atoms with van der Waals surface area (Å²) in [5.74, 6) is 1.83. The van der Waals surface area contributed by atoms with E-state index < -0.39 is 0 Å². The highest BCUT2D eigenvalue weighted by Gasteiger charge is 2.51. The Balaban J connectivity index is 2.14. The van der Waals surface area contributed by atoms with E-state index in [1.165, 1.54) is 12.8 Å². The first-order valence-electron chi connectivity index (χ1n) is 7.85. The molecule has 2 rings (SSSR count). The molecule has 19 heavy (non-hydrogen) atoms. The Morgan fingerprint density at radius 3 is 2.11 bits per heavy atom. The monoisotopic (exact) mass is 266 g/mol. The molecule has 1 saturated carbocycles. The topological polar surface area (TPSA) is 32.3 Å². The Hall–Kier alpha value is -0.570. The van der Waals surface area contributed by atoms with Crippen LogP contribution in [0.25, 0.3) is 0 Å². The molecule has 1 N–H and O–H groups in total. The van der Waals surface area contributed by atoms with Gasteiger partial charge in [0, 0.05) is 6.54 Å². The minimum Gasteiger partial charge on any atom is -0.325 e. The maximum absolute atomic E-state index is 12.7. The quantitative estimate of drug-likeness (QED) is 0.830. The van der Waals surface area contributed by atoms with Crippen molar-refractivity contribution in [2.45, 2.75) is 66.6 Å². The highest BCUT2D eigenvalue weighted by molar-refractivity contribution is 5.84. The minimum atomic E-state index is 0.00959. The van der Waals surface area contributed by atoms with E-state index in [-0.39, 0.29) is 12.2 Å². The molecule has 1 aliphatic carbocycles. The van der Waals surface area contributed by atoms with Gasteiger partial charge in [0.2, 0.25) is 5.91 Å². The van der Waals surface area contributed by atoms with Gasteiger partial charge in [-0.25, -0.2) is 0 Å². The smallest absolute Gasteiger partial charge is 0.241 e. The largest absolute Gasteiger partial charge is 0.325 e. The Bertz CT molecular complexity index is 345. The summed E-state index contributed by atoms with van der Waals surface area (Å²) >= 11 is 0. The van der Waals surface area contributed by atoms with Gasteiger partial charge in [0.05, 0.1) is 12.2 Å². The molecule has 2 atom stereocenters. The summed E-state index contributed by atoms with van der Waals surface area (Å²) < 4.78 is 0. The van der Waals surface area contributed by atoms with Gasteiger partial charge in [0.15, 0.2) is 0 Å². The number of hydrogen-bond donors (Lipinski definition) is 1. The molecule has 0 aromatic carbocycles. The van der Waals surface area contributed by atoms with Crippen LogP contribution in [0, 0.1) is 23.2 Å². The van der Waals surface area contributed by atoms with Crippen molar-refractivity contribution in [3.8, 4) is 0 Å². The van der Waals surface area contributed by atoms with E-state index in [1.54, 1.807) is 0 Å². The fourth-order valence-corrected chi connectivity index (χ4v) is 3.29. The predicted molar refractivity (Wildman–Crippen MR) is 78.6 cm³/mol. The van der Waals surface area contributed by atoms with Gasteiger partial charge >= 0.3 is 0 Å². The van der Waals surface area contributed by atoms with Crippen LogP contribution < -0.4 is 5.32 Å². The third kappa shape index (κ3) is 2.67. The highest BCUT2D eigenvalue weighted by atomic mass is 16.2. The average Bonchev–Trinajstić information content (AvgIpc) is 3.00. The number of amides is 1. The van der Waals surface area contributed by atoms with Gasteiger partial charge in [-0.3, -0.25) is 10.1 Å². The second-order valence-electron chi connectivity index (χ2n) is 7.56. The van der Waals surface area contributed by atoms with Gasteiger partial charge in [-0.05, 0) is 36.0 Å². The Kier molecular flexibility index (Phi) is 3.97. The molecule has 2 unspecified atom stereocenters. The summed E-state index contributed by atoms with van der Waals surface area (Å²) in [5, 5.41) is 3.56. The van der Waals surface area contributed by atoms with Crippen LogP contribution in [0.15, 0.2) is 0 Å². The lowest BCUT2D eigenvalue weighted by molar-refractivity contribution is -0.132. The number of hydrogen-bond acceptors (Lipinski definition) is 2. The molecule has 1 amide bonds. The summed E-state index contributed by atoms with van der Waals surface area (Å²) in [6.07, 6.45) is 2.79. The third-order valence-electron chi connectivity index (χ3n) is 5.14. The summed E-state index contributed by atoms with van der Waals surface area (Å²) in [5.41, 5.74) is 0.399. The molecule has 2 fully saturated rings. The molecule has 0 bridgehead atoms. The Morgan fingerprint density at radius 2 is 1.74 bits per heavy atom. The molecule has 1 aliphatic heterocycles. The zero-order valence-electron chi connectivity index (χ0n) is 13.4. The average molecular weight is 266 g/mol. The minimum absolute atomic E-state index is 0.00959. The third-order valence-corrected chi connectivity index (χ3v) is 5.14. The van der Waals surface area contributed by atoms with Gasteiger partial charge < -0.3 is 4.90 Å². The SMILES string of the molecule is CC(C)C1NC(C(C)C)N(CC2(C(C)C)CC2)C1=O. The molecule has 0 aromatic heterocycles. The lowest BCUT2D eigenvalue weighted by Gasteiger charge is -2.32. The molecule has 1 heterocycles. The maximum Gasteiger partial charge on any atom is 0.241 e. The van der Waals surface area contributed by atoms with Crippen molar-refractivity contribution in [3.05, 3.63) is 0 Å². The number of nitrogens with one attached hydrogen (secondary N) is 1. The van der Waals surface area contributed by atoms with Gasteiger partial charge in [-0.15, -0.1) is 0 Å². The number of rotatable bonds is 5. The van der Waals surface area contributed by atoms with Crippen molar-refractivity contribution in [2.75, 3.05) is 6.54 Å². The lowest BCUT2D eigenvalue weighted by Crippen LogP contribution is -2.45. The van der Waals surface area contributed by atoms with Crippen LogP contribution in [0.4, 0.5) is 0 Å². The Morgan fingerprint density at radius 1 is 1.16 bits per heavy atom. The molecule has 3 heteroatoms. The van der Waals surface area contributed by atoms with E-state index in [1.807, 2.05) is 0 Å². The fourth-order valence-electron chi connectivity index (χ4n) is 3.29. The zero-order valence-corrected chi connectivity index (χ0v) is 13.4. The van der Waals surface area contributed by atoms with E-state index in [4.69, 9.17) is 0 Å². The van der Waals surface area contributed by atoms with E-state index >= 15 is 0 Å². The Labute approximate surface area is 118 Å². The van der Waals surface area contributed by atoms with Crippen molar-refractivity contribution in [3.63, 3.8) is 0 Å². The van der Waals surface area contributed by atoms with Crippen LogP contribution in [0.1, 0.15) is 54.4 Å². The fraction of sp³-hybridized carbons (Fsp3) is 0.938. The van der Waals surface area contributed by atoms with Crippen molar-refractivity contribution in [2.24, 2.45) is 23.2 Å². The van der Waals surface area contributed by atoms with Gasteiger partial charge in [0.1, 0.15) is 0 Å². The second-order valence-corrected chi connectivity index (χ2v) is 7.56. The molecule has 2 aliphatic rings. The van der Waals surface area contributed by atoms with Crippen LogP contribution in [-0.4, -0.2) is 29.6 Å². The van der Waals surface area contributed by atoms with Crippen LogP contribution in [-0.2, 0) is 4.79 Å². The summed E-state index contributed by atoms with van der Waals surface area (Å²) in [4.78, 5) is 14.8. The highest BCUT2D eigenvalue weighted by Crippen LogP contribution is 2.53. The normalized spacial score (nSPS) is 29.9. The second kappa shape index (κ2) is 5.08. The standard InChI is InChI=1S/C16H30N2O/c1-10(2)13-15(19)18(14(17-13)11(3)4)9-16(7-8-16)12(5)6/h10-14,17H,7-9H2,1-6H3. The van der Waals surface area contributed by atoms with E-state index in [9.17, 15) is 4.79 Å². The summed E-state index contributed by atoms with van der Waals surface area (Å²) in [7, 11) is 0. The number of carbonyl (C=O) groups is 1. The molecule has 0 radical (unpaired) electrons. The van der Waals surface area contributed by atoms with Crippen molar-refractivity contribution in [1.29, 1.82) is 0 Å². The summed E-state index contributed by atoms with van der Waals surface area (Å²) in [6.45, 7) is 14.2. The van der Waals surface area contributed by atoms with Gasteiger partial charge in [-0.2, -0.15) is 0 Å². The molecule has 0 aromatic rings. The number of nitrogens with zero attached hydrogens (tertiary/aromatic N) is 1. The molecule has 0 spiro atoms. The van der Waals surface area contributed by atoms with Crippen LogP contribution in [0.3, 0.4) is 0 Å². The van der Waals surface area contributed by atoms with E-state index in [0.29, 0.717) is 29.1 Å². The molecular weight excluding hydrogens is 236 g/mol. The van der Waals surface area contributed by atoms with Crippen LogP contribution >= 0.6 is 0 Å². The molecule has 3 nitrogen and oxygen atoms in total. The molecule has 110 valence electrons. The first kappa shape index (κ1) is 14.8. The zero-order chi connectivity index (χ0) is 14.4. The van der Waals surface area contributed by atoms with Crippen LogP contribution in [0.2, 0.25) is 0 Å². The first-order chi connectivity index (χ1) is 8.78. The first-order valence-corrected chi connectivity index (χ1v) is 7.85. The van der Waals surface area contributed by atoms with Crippen molar-refractivity contribution >= 4 is 5.91 Å². The predicted octanol–water partition coefficient (Wildman–Crippen LogP) is 2.86. The van der Waals surface area contributed by atoms with Crippen LogP contribution in [0.5, 0.6) is 0 Å².